The number of aliphatic hydroxyl groups is 3. The van der Waals surface area contributed by atoms with Gasteiger partial charge in [-0.15, -0.1) is 0 Å². The Morgan fingerprint density at radius 2 is 1.08 bits per heavy atom. The highest BCUT2D eigenvalue weighted by Gasteiger charge is 2.45. The third-order valence-corrected chi connectivity index (χ3v) is 2.33. The largest absolute Gasteiger partial charge is 0.870 e. The molecule has 0 aromatic carbocycles. The van der Waals surface area contributed by atoms with Crippen LogP contribution in [0.2, 0.25) is 0 Å². The van der Waals surface area contributed by atoms with Crippen LogP contribution in [0.1, 0.15) is 20.8 Å². The van der Waals surface area contributed by atoms with Crippen LogP contribution in [0, 0.1) is 0 Å². The molecule has 0 rings (SSSR count). The van der Waals surface area contributed by atoms with Gasteiger partial charge in [0.25, 0.3) is 0 Å². The molecule has 0 radical (unpaired) electrons. The fourth-order valence-electron chi connectivity index (χ4n) is 1.05. The summed E-state index contributed by atoms with van der Waals surface area (Å²) in [5, 5.41) is 27.7. The molecule has 3 unspecified atom stereocenters. The summed E-state index contributed by atoms with van der Waals surface area (Å²) in [7, 11) is 0. The molecule has 0 bridgehead atoms. The highest BCUT2D eigenvalue weighted by molar-refractivity contribution is 4.91. The van der Waals surface area contributed by atoms with Crippen molar-refractivity contribution in [1.82, 2.24) is 0 Å². The minimum absolute atomic E-state index is 0. The lowest BCUT2D eigenvalue weighted by Gasteiger charge is -2.33. The van der Waals surface area contributed by atoms with Gasteiger partial charge in [-0.1, -0.05) is 0 Å². The molecular weight excluding hydrogens is 162 g/mol. The predicted molar refractivity (Wildman–Crippen MR) is 42.6 cm³/mol. The Morgan fingerprint density at radius 3 is 1.08 bits per heavy atom. The van der Waals surface area contributed by atoms with E-state index in [-0.39, 0.29) is 5.48 Å². The number of aliphatic hydroxyl groups excluding tert-OH is 3. The molecule has 0 spiro atoms. The first-order valence-corrected chi connectivity index (χ1v) is 3.73. The van der Waals surface area contributed by atoms with E-state index in [0.29, 0.717) is 0 Å². The fourth-order valence-corrected chi connectivity index (χ4v) is 1.05. The number of quaternary nitrogens is 1. The second-order valence-corrected chi connectivity index (χ2v) is 3.14. The molecular formula is C7H19NO4. The van der Waals surface area contributed by atoms with Gasteiger partial charge in [-0.25, -0.2) is 0 Å². The summed E-state index contributed by atoms with van der Waals surface area (Å²) >= 11 is 0. The Labute approximate surface area is 72.1 Å². The Kier molecular flexibility index (Phi) is 5.66. The first-order valence-electron chi connectivity index (χ1n) is 3.73. The molecule has 0 aromatic rings. The molecule has 0 aromatic heterocycles. The first-order chi connectivity index (χ1) is 4.83. The van der Waals surface area contributed by atoms with E-state index < -0.39 is 23.9 Å². The van der Waals surface area contributed by atoms with Crippen LogP contribution in [0.5, 0.6) is 0 Å². The smallest absolute Gasteiger partial charge is 0.172 e. The lowest BCUT2D eigenvalue weighted by molar-refractivity contribution is -0.528. The molecule has 5 heteroatoms. The monoisotopic (exact) mass is 181 g/mol. The topological polar surface area (TPSA) is 118 Å². The van der Waals surface area contributed by atoms with Crippen LogP contribution in [0.25, 0.3) is 0 Å². The van der Waals surface area contributed by atoms with E-state index in [1.54, 1.807) is 0 Å². The van der Waals surface area contributed by atoms with E-state index in [0.717, 1.165) is 0 Å². The lowest BCUT2D eigenvalue weighted by atomic mass is 9.84. The van der Waals surface area contributed by atoms with Gasteiger partial charge in [-0.3, -0.25) is 0 Å². The van der Waals surface area contributed by atoms with Crippen molar-refractivity contribution in [2.45, 2.75) is 44.6 Å². The summed E-state index contributed by atoms with van der Waals surface area (Å²) in [5.74, 6) is 0. The van der Waals surface area contributed by atoms with Crippen LogP contribution in [-0.2, 0) is 0 Å². The van der Waals surface area contributed by atoms with Crippen LogP contribution >= 0.6 is 0 Å². The van der Waals surface area contributed by atoms with E-state index >= 15 is 0 Å². The van der Waals surface area contributed by atoms with Crippen molar-refractivity contribution < 1.29 is 26.5 Å². The van der Waals surface area contributed by atoms with Crippen LogP contribution in [0.15, 0.2) is 0 Å². The summed E-state index contributed by atoms with van der Waals surface area (Å²) in [5.41, 5.74) is 2.53. The van der Waals surface area contributed by atoms with Crippen LogP contribution in [0.3, 0.4) is 0 Å². The van der Waals surface area contributed by atoms with Gasteiger partial charge in [0.1, 0.15) is 18.3 Å². The third kappa shape index (κ3) is 2.40. The van der Waals surface area contributed by atoms with Crippen molar-refractivity contribution in [3.8, 4) is 0 Å². The van der Waals surface area contributed by atoms with Gasteiger partial charge in [-0.05, 0) is 20.8 Å². The average Bonchev–Trinajstić information content (AvgIpc) is 1.84. The molecule has 0 aliphatic heterocycles. The Hall–Kier alpha value is -0.200. The fraction of sp³-hybridized carbons (Fsp3) is 1.00. The van der Waals surface area contributed by atoms with Gasteiger partial charge >= 0.3 is 0 Å². The highest BCUT2D eigenvalue weighted by atomic mass is 16.3. The van der Waals surface area contributed by atoms with E-state index in [4.69, 9.17) is 0 Å². The summed E-state index contributed by atoms with van der Waals surface area (Å²) in [6, 6.07) is 0. The first kappa shape index (κ1) is 14.3. The van der Waals surface area contributed by atoms with E-state index in [1.165, 1.54) is 20.8 Å². The molecule has 5 nitrogen and oxygen atoms in total. The Morgan fingerprint density at radius 1 is 0.917 bits per heavy atom. The highest BCUT2D eigenvalue weighted by Crippen LogP contribution is 2.14. The van der Waals surface area contributed by atoms with Gasteiger partial charge in [0, 0.05) is 0 Å². The molecule has 76 valence electrons. The van der Waals surface area contributed by atoms with Gasteiger partial charge < -0.3 is 26.5 Å². The number of rotatable bonds is 3. The second-order valence-electron chi connectivity index (χ2n) is 3.14. The summed E-state index contributed by atoms with van der Waals surface area (Å²) < 4.78 is 0. The molecule has 0 fully saturated rings. The number of hydrogen-bond donors (Lipinski definition) is 4. The van der Waals surface area contributed by atoms with Crippen molar-refractivity contribution in [3.63, 3.8) is 0 Å². The Bertz CT molecular complexity index is 103. The summed E-state index contributed by atoms with van der Waals surface area (Å²) in [6.45, 7) is 4.52. The third-order valence-electron chi connectivity index (χ3n) is 2.33. The second kappa shape index (κ2) is 4.74. The molecule has 0 saturated carbocycles. The minimum atomic E-state index is -1.08. The Balaban J connectivity index is 0. The average molecular weight is 181 g/mol. The molecule has 0 aliphatic carbocycles. The maximum atomic E-state index is 9.23. The van der Waals surface area contributed by atoms with Crippen molar-refractivity contribution in [2.75, 3.05) is 0 Å². The normalized spacial score (nSPS) is 23.2. The van der Waals surface area contributed by atoms with Gasteiger partial charge in [0.2, 0.25) is 0 Å². The molecule has 7 N–H and O–H groups in total. The lowest BCUT2D eigenvalue weighted by Crippen LogP contribution is -2.86. The molecule has 0 saturated heterocycles. The van der Waals surface area contributed by atoms with E-state index in [9.17, 15) is 15.3 Å². The minimum Gasteiger partial charge on any atom is -0.870 e. The van der Waals surface area contributed by atoms with Crippen molar-refractivity contribution in [3.05, 3.63) is 0 Å². The number of hydrogen-bond acceptors (Lipinski definition) is 4. The zero-order chi connectivity index (χ0) is 9.23. The zero-order valence-electron chi connectivity index (χ0n) is 7.73. The van der Waals surface area contributed by atoms with Crippen LogP contribution in [-0.4, -0.2) is 44.6 Å². The van der Waals surface area contributed by atoms with Gasteiger partial charge in [0.05, 0.1) is 0 Å². The van der Waals surface area contributed by atoms with E-state index in [2.05, 4.69) is 5.73 Å². The quantitative estimate of drug-likeness (QED) is 0.400. The van der Waals surface area contributed by atoms with Crippen molar-refractivity contribution >= 4 is 0 Å². The maximum absolute atomic E-state index is 9.23. The predicted octanol–water partition coefficient (Wildman–Crippen LogP) is -2.07. The summed E-state index contributed by atoms with van der Waals surface area (Å²) in [6.07, 6.45) is -2.49. The van der Waals surface area contributed by atoms with Crippen molar-refractivity contribution in [2.24, 2.45) is 0 Å². The zero-order valence-corrected chi connectivity index (χ0v) is 7.73. The SMILES string of the molecule is CC(O)C([NH3+])(C(C)O)C(C)O.[OH-]. The van der Waals surface area contributed by atoms with Gasteiger partial charge in [-0.2, -0.15) is 0 Å². The molecule has 12 heavy (non-hydrogen) atoms. The standard InChI is InChI=1S/C7H17NO3.H2O/c1-4(9)7(8,5(2)10)6(3)11;/h4-6,9-11H,8H2,1-3H3;1H2. The van der Waals surface area contributed by atoms with Gasteiger partial charge in [0.15, 0.2) is 5.54 Å². The van der Waals surface area contributed by atoms with Crippen LogP contribution < -0.4 is 5.73 Å². The summed E-state index contributed by atoms with van der Waals surface area (Å²) in [4.78, 5) is 0. The maximum Gasteiger partial charge on any atom is 0.172 e. The molecule has 3 atom stereocenters. The van der Waals surface area contributed by atoms with Crippen LogP contribution in [0.4, 0.5) is 0 Å². The van der Waals surface area contributed by atoms with Crippen molar-refractivity contribution in [1.29, 1.82) is 0 Å². The van der Waals surface area contributed by atoms with E-state index in [1.807, 2.05) is 0 Å². The molecule has 0 aliphatic rings. The molecule has 0 heterocycles. The molecule has 0 amide bonds.